The molecule has 0 spiro atoms. The van der Waals surface area contributed by atoms with Gasteiger partial charge in [0.15, 0.2) is 11.5 Å². The molecule has 0 bridgehead atoms. The van der Waals surface area contributed by atoms with Crippen LogP contribution in [-0.2, 0) is 4.79 Å². The van der Waals surface area contributed by atoms with E-state index in [9.17, 15) is 4.79 Å². The van der Waals surface area contributed by atoms with Crippen LogP contribution in [0.5, 0.6) is 11.5 Å². The Balaban J connectivity index is 1.17. The van der Waals surface area contributed by atoms with Crippen molar-refractivity contribution in [3.8, 4) is 33.9 Å². The minimum Gasteiger partial charge on any atom is -0.486 e. The first-order valence-electron chi connectivity index (χ1n) is 10.6. The molecular weight excluding hydrogens is 434 g/mol. The highest BCUT2D eigenvalue weighted by Gasteiger charge is 2.13. The minimum atomic E-state index is -0.126. The zero-order valence-corrected chi connectivity index (χ0v) is 18.5. The van der Waals surface area contributed by atoms with Crippen LogP contribution in [0.25, 0.3) is 22.4 Å². The average Bonchev–Trinajstić information content (AvgIpc) is 2.88. The van der Waals surface area contributed by atoms with Gasteiger partial charge in [-0.15, -0.1) is 10.2 Å². The summed E-state index contributed by atoms with van der Waals surface area (Å²) in [6.07, 6.45) is 0. The second kappa shape index (κ2) is 9.75. The number of nitrogens with zero attached hydrogens (tertiary/aromatic N) is 2. The molecule has 0 aliphatic carbocycles. The van der Waals surface area contributed by atoms with Gasteiger partial charge in [-0.05, 0) is 35.4 Å². The highest BCUT2D eigenvalue weighted by atomic mass is 32.2. The summed E-state index contributed by atoms with van der Waals surface area (Å²) in [7, 11) is 0. The summed E-state index contributed by atoms with van der Waals surface area (Å²) in [6, 6.07) is 27.7. The maximum absolute atomic E-state index is 12.3. The Morgan fingerprint density at radius 2 is 1.52 bits per heavy atom. The molecule has 0 radical (unpaired) electrons. The summed E-state index contributed by atoms with van der Waals surface area (Å²) >= 11 is 1.34. The van der Waals surface area contributed by atoms with Gasteiger partial charge in [0.25, 0.3) is 0 Å². The third-order valence-electron chi connectivity index (χ3n) is 5.10. The Kier molecular flexibility index (Phi) is 6.21. The van der Waals surface area contributed by atoms with Gasteiger partial charge in [-0.25, -0.2) is 0 Å². The molecule has 1 aromatic heterocycles. The third-order valence-corrected chi connectivity index (χ3v) is 6.02. The number of hydrogen-bond donors (Lipinski definition) is 1. The molecule has 33 heavy (non-hydrogen) atoms. The number of nitrogens with one attached hydrogen (secondary N) is 1. The number of carbonyl (C=O) groups excluding carboxylic acids is 1. The lowest BCUT2D eigenvalue weighted by Crippen LogP contribution is -2.17. The van der Waals surface area contributed by atoms with Crippen LogP contribution in [-0.4, -0.2) is 35.1 Å². The van der Waals surface area contributed by atoms with Crippen LogP contribution in [0.3, 0.4) is 0 Å². The Morgan fingerprint density at radius 3 is 2.27 bits per heavy atom. The van der Waals surface area contributed by atoms with Gasteiger partial charge in [-0.2, -0.15) is 0 Å². The van der Waals surface area contributed by atoms with Crippen molar-refractivity contribution in [3.63, 3.8) is 0 Å². The fourth-order valence-electron chi connectivity index (χ4n) is 3.47. The van der Waals surface area contributed by atoms with Gasteiger partial charge in [0.1, 0.15) is 18.2 Å². The van der Waals surface area contributed by atoms with Crippen LogP contribution in [0.4, 0.5) is 5.69 Å². The SMILES string of the molecule is O=C(CSc1ccc(-c2ccc(-c3ccccc3)cc2)nn1)Nc1ccc2c(c1)OCCO2. The van der Waals surface area contributed by atoms with Crippen molar-refractivity contribution in [3.05, 3.63) is 84.9 Å². The summed E-state index contributed by atoms with van der Waals surface area (Å²) in [6.45, 7) is 1.04. The number of hydrogen-bond acceptors (Lipinski definition) is 6. The first kappa shape index (κ1) is 21.0. The molecule has 1 aliphatic heterocycles. The van der Waals surface area contributed by atoms with E-state index in [-0.39, 0.29) is 11.7 Å². The van der Waals surface area contributed by atoms with Crippen molar-refractivity contribution < 1.29 is 14.3 Å². The molecular formula is C26H21N3O3S. The summed E-state index contributed by atoms with van der Waals surface area (Å²) < 4.78 is 11.1. The van der Waals surface area contributed by atoms with Crippen LogP contribution in [0.2, 0.25) is 0 Å². The van der Waals surface area contributed by atoms with Gasteiger partial charge in [-0.1, -0.05) is 66.4 Å². The Labute approximate surface area is 196 Å². The number of fused-ring (bicyclic) bond motifs is 1. The molecule has 0 saturated heterocycles. The van der Waals surface area contributed by atoms with Gasteiger partial charge in [0, 0.05) is 17.3 Å². The monoisotopic (exact) mass is 455 g/mol. The topological polar surface area (TPSA) is 73.3 Å². The number of anilines is 1. The van der Waals surface area contributed by atoms with Crippen LogP contribution >= 0.6 is 11.8 Å². The third kappa shape index (κ3) is 5.15. The Bertz CT molecular complexity index is 1250. The Morgan fingerprint density at radius 1 is 0.788 bits per heavy atom. The number of ether oxygens (including phenoxy) is 2. The molecule has 3 aromatic carbocycles. The zero-order chi connectivity index (χ0) is 22.5. The summed E-state index contributed by atoms with van der Waals surface area (Å²) in [5.41, 5.74) is 4.79. The molecule has 7 heteroatoms. The standard InChI is InChI=1S/C26H21N3O3S/c30-25(27-21-10-12-23-24(16-21)32-15-14-31-23)17-33-26-13-11-22(28-29-26)20-8-6-19(7-9-20)18-4-2-1-3-5-18/h1-13,16H,14-15,17H2,(H,27,30). The second-order valence-corrected chi connectivity index (χ2v) is 8.39. The van der Waals surface area contributed by atoms with Gasteiger partial charge in [-0.3, -0.25) is 4.79 Å². The minimum absolute atomic E-state index is 0.126. The quantitative estimate of drug-likeness (QED) is 0.397. The molecule has 6 nitrogen and oxygen atoms in total. The highest BCUT2D eigenvalue weighted by molar-refractivity contribution is 7.99. The van der Waals surface area contributed by atoms with Gasteiger partial charge in [0.05, 0.1) is 11.4 Å². The normalized spacial score (nSPS) is 12.2. The number of amides is 1. The maximum atomic E-state index is 12.3. The van der Waals surface area contributed by atoms with Crippen LogP contribution in [0.15, 0.2) is 90.0 Å². The molecule has 1 aliphatic rings. The summed E-state index contributed by atoms with van der Waals surface area (Å²) in [5.74, 6) is 1.44. The maximum Gasteiger partial charge on any atom is 0.234 e. The average molecular weight is 456 g/mol. The molecule has 0 unspecified atom stereocenters. The smallest absolute Gasteiger partial charge is 0.234 e. The van der Waals surface area contributed by atoms with E-state index in [0.29, 0.717) is 35.4 Å². The van der Waals surface area contributed by atoms with E-state index in [1.54, 1.807) is 18.2 Å². The van der Waals surface area contributed by atoms with Crippen LogP contribution < -0.4 is 14.8 Å². The molecule has 1 amide bonds. The van der Waals surface area contributed by atoms with Crippen molar-refractivity contribution in [1.29, 1.82) is 0 Å². The van der Waals surface area contributed by atoms with E-state index in [1.165, 1.54) is 17.3 Å². The van der Waals surface area contributed by atoms with Gasteiger partial charge < -0.3 is 14.8 Å². The lowest BCUT2D eigenvalue weighted by Gasteiger charge is -2.18. The number of aromatic nitrogens is 2. The molecule has 5 rings (SSSR count). The number of rotatable bonds is 6. The van der Waals surface area contributed by atoms with Crippen molar-refractivity contribution in [1.82, 2.24) is 10.2 Å². The number of carbonyl (C=O) groups is 1. The van der Waals surface area contributed by atoms with Crippen molar-refractivity contribution in [2.45, 2.75) is 5.03 Å². The molecule has 2 heterocycles. The molecule has 1 N–H and O–H groups in total. The van der Waals surface area contributed by atoms with E-state index >= 15 is 0 Å². The van der Waals surface area contributed by atoms with E-state index in [4.69, 9.17) is 9.47 Å². The molecule has 4 aromatic rings. The predicted octanol–water partition coefficient (Wildman–Crippen LogP) is 5.31. The fourth-order valence-corrected chi connectivity index (χ4v) is 4.09. The van der Waals surface area contributed by atoms with E-state index < -0.39 is 0 Å². The van der Waals surface area contributed by atoms with Gasteiger partial charge >= 0.3 is 0 Å². The summed E-state index contributed by atoms with van der Waals surface area (Å²) in [4.78, 5) is 12.3. The first-order chi connectivity index (χ1) is 16.2. The van der Waals surface area contributed by atoms with E-state index in [1.807, 2.05) is 42.5 Å². The van der Waals surface area contributed by atoms with Crippen LogP contribution in [0, 0.1) is 0 Å². The van der Waals surface area contributed by atoms with Gasteiger partial charge in [0.2, 0.25) is 5.91 Å². The number of benzene rings is 3. The largest absolute Gasteiger partial charge is 0.486 e. The zero-order valence-electron chi connectivity index (χ0n) is 17.7. The molecule has 0 saturated carbocycles. The van der Waals surface area contributed by atoms with Crippen molar-refractivity contribution in [2.24, 2.45) is 0 Å². The van der Waals surface area contributed by atoms with Crippen molar-refractivity contribution in [2.75, 3.05) is 24.3 Å². The molecule has 164 valence electrons. The number of thioether (sulfide) groups is 1. The van der Waals surface area contributed by atoms with E-state index in [0.717, 1.165) is 16.8 Å². The second-order valence-electron chi connectivity index (χ2n) is 7.40. The predicted molar refractivity (Wildman–Crippen MR) is 130 cm³/mol. The highest BCUT2D eigenvalue weighted by Crippen LogP contribution is 2.32. The summed E-state index contributed by atoms with van der Waals surface area (Å²) in [5, 5.41) is 12.2. The molecule has 0 atom stereocenters. The Hall–Kier alpha value is -3.84. The lowest BCUT2D eigenvalue weighted by atomic mass is 10.0. The van der Waals surface area contributed by atoms with E-state index in [2.05, 4.69) is 39.8 Å². The van der Waals surface area contributed by atoms with Crippen LogP contribution in [0.1, 0.15) is 0 Å². The molecule has 0 fully saturated rings. The first-order valence-corrected chi connectivity index (χ1v) is 11.5. The van der Waals surface area contributed by atoms with Crippen molar-refractivity contribution >= 4 is 23.4 Å². The lowest BCUT2D eigenvalue weighted by molar-refractivity contribution is -0.113. The fraction of sp³-hybridized carbons (Fsp3) is 0.115.